The number of piperazine rings is 1. The SMILES string of the molecule is O=C(c1cccc(Cl)c1)N1CC[NH+](CC2CC=CCC2)CC1. The molecule has 1 heterocycles. The van der Waals surface area contributed by atoms with Gasteiger partial charge in [-0.2, -0.15) is 0 Å². The number of carbonyl (C=O) groups excluding carboxylic acids is 1. The molecule has 3 rings (SSSR count). The van der Waals surface area contributed by atoms with E-state index in [1.54, 1.807) is 17.0 Å². The van der Waals surface area contributed by atoms with Crippen molar-refractivity contribution in [1.29, 1.82) is 0 Å². The van der Waals surface area contributed by atoms with Crippen molar-refractivity contribution < 1.29 is 9.69 Å². The fourth-order valence-corrected chi connectivity index (χ4v) is 3.67. The summed E-state index contributed by atoms with van der Waals surface area (Å²) in [4.78, 5) is 16.1. The van der Waals surface area contributed by atoms with Crippen LogP contribution in [0.3, 0.4) is 0 Å². The van der Waals surface area contributed by atoms with Crippen molar-refractivity contribution in [1.82, 2.24) is 4.90 Å². The number of nitrogens with one attached hydrogen (secondary N) is 1. The van der Waals surface area contributed by atoms with Gasteiger partial charge in [-0.25, -0.2) is 0 Å². The number of carbonyl (C=O) groups is 1. The lowest BCUT2D eigenvalue weighted by atomic mass is 9.94. The highest BCUT2D eigenvalue weighted by Gasteiger charge is 2.26. The predicted molar refractivity (Wildman–Crippen MR) is 89.4 cm³/mol. The van der Waals surface area contributed by atoms with Gasteiger partial charge >= 0.3 is 0 Å². The van der Waals surface area contributed by atoms with Crippen LogP contribution in [-0.4, -0.2) is 43.5 Å². The molecule has 1 atom stereocenters. The number of nitrogens with zero attached hydrogens (tertiary/aromatic N) is 1. The van der Waals surface area contributed by atoms with Gasteiger partial charge < -0.3 is 9.80 Å². The van der Waals surface area contributed by atoms with E-state index in [1.165, 1.54) is 25.8 Å². The van der Waals surface area contributed by atoms with Crippen molar-refractivity contribution in [3.8, 4) is 0 Å². The Morgan fingerprint density at radius 2 is 2.09 bits per heavy atom. The van der Waals surface area contributed by atoms with E-state index in [0.29, 0.717) is 10.6 Å². The van der Waals surface area contributed by atoms with Crippen molar-refractivity contribution >= 4 is 17.5 Å². The van der Waals surface area contributed by atoms with Gasteiger partial charge in [-0.3, -0.25) is 4.79 Å². The van der Waals surface area contributed by atoms with Crippen LogP contribution in [0.4, 0.5) is 0 Å². The van der Waals surface area contributed by atoms with Crippen LogP contribution in [0.1, 0.15) is 29.6 Å². The number of halogens is 1. The van der Waals surface area contributed by atoms with Crippen molar-refractivity contribution in [2.24, 2.45) is 5.92 Å². The maximum atomic E-state index is 12.5. The number of hydrogen-bond acceptors (Lipinski definition) is 1. The Balaban J connectivity index is 1.51. The van der Waals surface area contributed by atoms with Crippen LogP contribution in [0.25, 0.3) is 0 Å². The summed E-state index contributed by atoms with van der Waals surface area (Å²) in [5.41, 5.74) is 0.702. The van der Waals surface area contributed by atoms with Gasteiger partial charge in [0.05, 0.1) is 32.7 Å². The summed E-state index contributed by atoms with van der Waals surface area (Å²) in [6, 6.07) is 7.26. The van der Waals surface area contributed by atoms with E-state index < -0.39 is 0 Å². The average Bonchev–Trinajstić information content (AvgIpc) is 2.56. The van der Waals surface area contributed by atoms with Crippen LogP contribution < -0.4 is 4.90 Å². The lowest BCUT2D eigenvalue weighted by Gasteiger charge is -2.34. The maximum Gasteiger partial charge on any atom is 0.254 e. The minimum Gasteiger partial charge on any atom is -0.332 e. The summed E-state index contributed by atoms with van der Waals surface area (Å²) >= 11 is 5.98. The zero-order chi connectivity index (χ0) is 15.4. The Morgan fingerprint density at radius 1 is 1.27 bits per heavy atom. The first-order valence-corrected chi connectivity index (χ1v) is 8.63. The van der Waals surface area contributed by atoms with Crippen molar-refractivity contribution in [2.45, 2.75) is 19.3 Å². The molecule has 3 nitrogen and oxygen atoms in total. The molecule has 1 saturated heterocycles. The van der Waals surface area contributed by atoms with E-state index in [9.17, 15) is 4.79 Å². The standard InChI is InChI=1S/C18H23ClN2O/c19-17-8-4-7-16(13-17)18(22)21-11-9-20(10-12-21)14-15-5-2-1-3-6-15/h1-2,4,7-8,13,15H,3,5-6,9-12,14H2/p+1. The van der Waals surface area contributed by atoms with E-state index in [-0.39, 0.29) is 5.91 Å². The van der Waals surface area contributed by atoms with Gasteiger partial charge in [0.1, 0.15) is 0 Å². The van der Waals surface area contributed by atoms with E-state index in [2.05, 4.69) is 12.2 Å². The second kappa shape index (κ2) is 7.30. The molecule has 1 amide bonds. The first-order chi connectivity index (χ1) is 10.7. The molecule has 1 fully saturated rings. The molecule has 1 unspecified atom stereocenters. The van der Waals surface area contributed by atoms with Crippen molar-refractivity contribution in [3.05, 3.63) is 47.0 Å². The van der Waals surface area contributed by atoms with E-state index >= 15 is 0 Å². The Hall–Kier alpha value is -1.32. The van der Waals surface area contributed by atoms with Gasteiger partial charge in [0.15, 0.2) is 0 Å². The van der Waals surface area contributed by atoms with E-state index in [1.807, 2.05) is 17.0 Å². The summed E-state index contributed by atoms with van der Waals surface area (Å²) in [6.45, 7) is 5.08. The Morgan fingerprint density at radius 3 is 2.77 bits per heavy atom. The van der Waals surface area contributed by atoms with Crippen LogP contribution in [-0.2, 0) is 0 Å². The maximum absolute atomic E-state index is 12.5. The summed E-state index contributed by atoms with van der Waals surface area (Å²) < 4.78 is 0. The molecule has 0 saturated carbocycles. The van der Waals surface area contributed by atoms with Gasteiger partial charge in [0.2, 0.25) is 0 Å². The molecular formula is C18H24ClN2O+. The lowest BCUT2D eigenvalue weighted by Crippen LogP contribution is -3.15. The summed E-state index contributed by atoms with van der Waals surface area (Å²) in [5, 5.41) is 0.625. The quantitative estimate of drug-likeness (QED) is 0.847. The van der Waals surface area contributed by atoms with Crippen LogP contribution in [0.2, 0.25) is 5.02 Å². The molecular weight excluding hydrogens is 296 g/mol. The van der Waals surface area contributed by atoms with Crippen LogP contribution in [0, 0.1) is 5.92 Å². The lowest BCUT2D eigenvalue weighted by molar-refractivity contribution is -0.907. The topological polar surface area (TPSA) is 24.8 Å². The zero-order valence-electron chi connectivity index (χ0n) is 12.9. The molecule has 1 aromatic carbocycles. The van der Waals surface area contributed by atoms with Gasteiger partial charge in [-0.1, -0.05) is 29.8 Å². The number of rotatable bonds is 3. The minimum atomic E-state index is 0.113. The minimum absolute atomic E-state index is 0.113. The molecule has 4 heteroatoms. The second-order valence-corrected chi connectivity index (χ2v) is 6.84. The number of hydrogen-bond donors (Lipinski definition) is 1. The summed E-state index contributed by atoms with van der Waals surface area (Å²) in [5.74, 6) is 0.942. The molecule has 118 valence electrons. The second-order valence-electron chi connectivity index (χ2n) is 6.41. The van der Waals surface area contributed by atoms with Crippen LogP contribution in [0.5, 0.6) is 0 Å². The highest BCUT2D eigenvalue weighted by Crippen LogP contribution is 2.16. The van der Waals surface area contributed by atoms with E-state index in [4.69, 9.17) is 11.6 Å². The third-order valence-electron chi connectivity index (χ3n) is 4.78. The Labute approximate surface area is 137 Å². The molecule has 1 aliphatic heterocycles. The molecule has 0 radical (unpaired) electrons. The Kier molecular flexibility index (Phi) is 5.16. The van der Waals surface area contributed by atoms with Crippen molar-refractivity contribution in [2.75, 3.05) is 32.7 Å². The predicted octanol–water partition coefficient (Wildman–Crippen LogP) is 2.04. The largest absolute Gasteiger partial charge is 0.332 e. The molecule has 0 aromatic heterocycles. The fourth-order valence-electron chi connectivity index (χ4n) is 3.48. The molecule has 1 aromatic rings. The average molecular weight is 320 g/mol. The zero-order valence-corrected chi connectivity index (χ0v) is 13.7. The first-order valence-electron chi connectivity index (χ1n) is 8.26. The molecule has 0 spiro atoms. The number of amides is 1. The van der Waals surface area contributed by atoms with Gasteiger partial charge in [-0.05, 0) is 37.5 Å². The van der Waals surface area contributed by atoms with Gasteiger partial charge in [0, 0.05) is 16.5 Å². The molecule has 22 heavy (non-hydrogen) atoms. The number of benzene rings is 1. The third kappa shape index (κ3) is 3.90. The number of allylic oxidation sites excluding steroid dienone is 2. The van der Waals surface area contributed by atoms with Gasteiger partial charge in [-0.15, -0.1) is 0 Å². The normalized spacial score (nSPS) is 22.8. The molecule has 1 aliphatic carbocycles. The number of quaternary nitrogens is 1. The van der Waals surface area contributed by atoms with Crippen LogP contribution >= 0.6 is 11.6 Å². The van der Waals surface area contributed by atoms with E-state index in [0.717, 1.165) is 32.1 Å². The fraction of sp³-hybridized carbons (Fsp3) is 0.500. The third-order valence-corrected chi connectivity index (χ3v) is 5.02. The molecule has 1 N–H and O–H groups in total. The van der Waals surface area contributed by atoms with Gasteiger partial charge in [0.25, 0.3) is 5.91 Å². The molecule has 2 aliphatic rings. The summed E-state index contributed by atoms with van der Waals surface area (Å²) in [6.07, 6.45) is 8.41. The smallest absolute Gasteiger partial charge is 0.254 e. The van der Waals surface area contributed by atoms with Crippen LogP contribution in [0.15, 0.2) is 36.4 Å². The van der Waals surface area contributed by atoms with Crippen molar-refractivity contribution in [3.63, 3.8) is 0 Å². The summed E-state index contributed by atoms with van der Waals surface area (Å²) in [7, 11) is 0. The first kappa shape index (κ1) is 15.6. The highest BCUT2D eigenvalue weighted by atomic mass is 35.5. The molecule has 0 bridgehead atoms. The Bertz CT molecular complexity index is 550. The monoisotopic (exact) mass is 319 g/mol. The highest BCUT2D eigenvalue weighted by molar-refractivity contribution is 6.30.